The Hall–Kier alpha value is -1.26. The van der Waals surface area contributed by atoms with Gasteiger partial charge < -0.3 is 4.74 Å². The molecular weight excluding hydrogens is 210 g/mol. The molecule has 0 N–H and O–H groups in total. The molecule has 0 amide bonds. The second-order valence-electron chi connectivity index (χ2n) is 3.09. The SMILES string of the molecule is CCOCC(=O)c1cnc2ccsc2c1. The maximum Gasteiger partial charge on any atom is 0.190 e. The highest BCUT2D eigenvalue weighted by Gasteiger charge is 2.07. The predicted molar refractivity (Wildman–Crippen MR) is 60.4 cm³/mol. The molecule has 0 radical (unpaired) electrons. The normalized spacial score (nSPS) is 10.7. The molecule has 15 heavy (non-hydrogen) atoms. The van der Waals surface area contributed by atoms with E-state index in [9.17, 15) is 4.79 Å². The van der Waals surface area contributed by atoms with E-state index in [0.717, 1.165) is 10.2 Å². The van der Waals surface area contributed by atoms with E-state index >= 15 is 0 Å². The number of hydrogen-bond acceptors (Lipinski definition) is 4. The zero-order valence-corrected chi connectivity index (χ0v) is 9.21. The summed E-state index contributed by atoms with van der Waals surface area (Å²) in [6.45, 7) is 2.56. The van der Waals surface area contributed by atoms with E-state index in [1.54, 1.807) is 17.5 Å². The van der Waals surface area contributed by atoms with Crippen LogP contribution in [0.3, 0.4) is 0 Å². The Morgan fingerprint density at radius 1 is 1.60 bits per heavy atom. The van der Waals surface area contributed by atoms with Crippen LogP contribution in [0, 0.1) is 0 Å². The van der Waals surface area contributed by atoms with Gasteiger partial charge in [-0.3, -0.25) is 9.78 Å². The molecular formula is C11H11NO2S. The molecule has 2 aromatic rings. The van der Waals surface area contributed by atoms with Gasteiger partial charge in [0.05, 0.1) is 10.2 Å². The van der Waals surface area contributed by atoms with Gasteiger partial charge in [0.25, 0.3) is 0 Å². The summed E-state index contributed by atoms with van der Waals surface area (Å²) >= 11 is 1.59. The van der Waals surface area contributed by atoms with E-state index < -0.39 is 0 Å². The molecule has 0 unspecified atom stereocenters. The van der Waals surface area contributed by atoms with Crippen molar-refractivity contribution in [3.8, 4) is 0 Å². The Balaban J connectivity index is 2.23. The third kappa shape index (κ3) is 2.22. The summed E-state index contributed by atoms with van der Waals surface area (Å²) in [5, 5.41) is 1.97. The van der Waals surface area contributed by atoms with Crippen molar-refractivity contribution in [3.05, 3.63) is 29.3 Å². The Labute approximate surface area is 91.7 Å². The van der Waals surface area contributed by atoms with Gasteiger partial charge in [-0.2, -0.15) is 0 Å². The van der Waals surface area contributed by atoms with Gasteiger partial charge in [-0.05, 0) is 24.4 Å². The van der Waals surface area contributed by atoms with Crippen LogP contribution >= 0.6 is 11.3 Å². The number of thiophene rings is 1. The summed E-state index contributed by atoms with van der Waals surface area (Å²) in [4.78, 5) is 15.8. The zero-order valence-electron chi connectivity index (χ0n) is 8.40. The van der Waals surface area contributed by atoms with Crippen LogP contribution in [0.5, 0.6) is 0 Å². The van der Waals surface area contributed by atoms with Crippen LogP contribution in [-0.4, -0.2) is 24.0 Å². The Morgan fingerprint density at radius 2 is 2.47 bits per heavy atom. The van der Waals surface area contributed by atoms with Crippen molar-refractivity contribution >= 4 is 27.3 Å². The molecule has 0 bridgehead atoms. The van der Waals surface area contributed by atoms with Crippen LogP contribution in [0.4, 0.5) is 0 Å². The van der Waals surface area contributed by atoms with Crippen LogP contribution in [0.25, 0.3) is 10.2 Å². The number of carbonyl (C=O) groups excluding carboxylic acids is 1. The van der Waals surface area contributed by atoms with Crippen LogP contribution in [0.1, 0.15) is 17.3 Å². The molecule has 4 heteroatoms. The first-order valence-corrected chi connectivity index (χ1v) is 5.63. The first-order chi connectivity index (χ1) is 7.31. The number of carbonyl (C=O) groups is 1. The number of ether oxygens (including phenoxy) is 1. The zero-order chi connectivity index (χ0) is 10.7. The minimum Gasteiger partial charge on any atom is -0.374 e. The molecule has 0 fully saturated rings. The maximum absolute atomic E-state index is 11.6. The van der Waals surface area contributed by atoms with Crippen LogP contribution in [0.15, 0.2) is 23.7 Å². The standard InChI is InChI=1S/C11H11NO2S/c1-2-14-7-10(13)8-5-11-9(12-6-8)3-4-15-11/h3-6H,2,7H2,1H3. The van der Waals surface area contributed by atoms with Crippen molar-refractivity contribution < 1.29 is 9.53 Å². The molecule has 78 valence electrons. The Morgan fingerprint density at radius 3 is 3.27 bits per heavy atom. The third-order valence-electron chi connectivity index (χ3n) is 2.06. The molecule has 0 spiro atoms. The smallest absolute Gasteiger partial charge is 0.190 e. The highest BCUT2D eigenvalue weighted by atomic mass is 32.1. The topological polar surface area (TPSA) is 39.2 Å². The fraction of sp³-hybridized carbons (Fsp3) is 0.273. The van der Waals surface area contributed by atoms with Crippen molar-refractivity contribution in [3.63, 3.8) is 0 Å². The minimum absolute atomic E-state index is 0.0142. The van der Waals surface area contributed by atoms with Crippen LogP contribution < -0.4 is 0 Å². The third-order valence-corrected chi connectivity index (χ3v) is 2.92. The summed E-state index contributed by atoms with van der Waals surface area (Å²) in [7, 11) is 0. The number of rotatable bonds is 4. The molecule has 0 saturated heterocycles. The van der Waals surface area contributed by atoms with E-state index in [1.807, 2.05) is 24.4 Å². The summed E-state index contributed by atoms with van der Waals surface area (Å²) in [5.74, 6) is -0.0142. The molecule has 0 aliphatic rings. The summed E-state index contributed by atoms with van der Waals surface area (Å²) in [5.41, 5.74) is 1.56. The highest BCUT2D eigenvalue weighted by molar-refractivity contribution is 7.17. The molecule has 0 aliphatic heterocycles. The van der Waals surface area contributed by atoms with Gasteiger partial charge in [0.1, 0.15) is 6.61 Å². The molecule has 2 heterocycles. The summed E-state index contributed by atoms with van der Waals surface area (Å²) < 4.78 is 6.11. The van der Waals surface area contributed by atoms with E-state index in [4.69, 9.17) is 4.74 Å². The van der Waals surface area contributed by atoms with E-state index in [-0.39, 0.29) is 12.4 Å². The van der Waals surface area contributed by atoms with Crippen molar-refractivity contribution in [2.45, 2.75) is 6.92 Å². The van der Waals surface area contributed by atoms with Gasteiger partial charge in [0.15, 0.2) is 5.78 Å². The number of pyridine rings is 1. The fourth-order valence-corrected chi connectivity index (χ4v) is 2.06. The second-order valence-corrected chi connectivity index (χ2v) is 4.04. The summed E-state index contributed by atoms with van der Waals surface area (Å²) in [6, 6.07) is 3.81. The monoisotopic (exact) mass is 221 g/mol. The molecule has 2 rings (SSSR count). The minimum atomic E-state index is -0.0142. The maximum atomic E-state index is 11.6. The summed E-state index contributed by atoms with van der Waals surface area (Å²) in [6.07, 6.45) is 1.61. The van der Waals surface area contributed by atoms with Crippen molar-refractivity contribution in [2.24, 2.45) is 0 Å². The molecule has 3 nitrogen and oxygen atoms in total. The van der Waals surface area contributed by atoms with Gasteiger partial charge in [-0.25, -0.2) is 0 Å². The number of ketones is 1. The predicted octanol–water partition coefficient (Wildman–Crippen LogP) is 2.52. The molecule has 0 atom stereocenters. The number of nitrogens with zero attached hydrogens (tertiary/aromatic N) is 1. The Kier molecular flexibility index (Phi) is 3.08. The molecule has 0 aromatic carbocycles. The van der Waals surface area contributed by atoms with Gasteiger partial charge in [0.2, 0.25) is 0 Å². The lowest BCUT2D eigenvalue weighted by Crippen LogP contribution is -2.08. The van der Waals surface area contributed by atoms with Crippen molar-refractivity contribution in [1.29, 1.82) is 0 Å². The van der Waals surface area contributed by atoms with E-state index in [1.165, 1.54) is 0 Å². The quantitative estimate of drug-likeness (QED) is 0.745. The Bertz CT molecular complexity index is 478. The number of fused-ring (bicyclic) bond motifs is 1. The van der Waals surface area contributed by atoms with Crippen molar-refractivity contribution in [2.75, 3.05) is 13.2 Å². The number of Topliss-reactive ketones (excluding diaryl/α,β-unsaturated/α-hetero) is 1. The van der Waals surface area contributed by atoms with E-state index in [2.05, 4.69) is 4.98 Å². The van der Waals surface area contributed by atoms with Gasteiger partial charge in [-0.15, -0.1) is 11.3 Å². The largest absolute Gasteiger partial charge is 0.374 e. The average molecular weight is 221 g/mol. The van der Waals surface area contributed by atoms with E-state index in [0.29, 0.717) is 12.2 Å². The number of aromatic nitrogens is 1. The van der Waals surface area contributed by atoms with Crippen LogP contribution in [-0.2, 0) is 4.74 Å². The first kappa shape index (κ1) is 10.3. The van der Waals surface area contributed by atoms with Crippen molar-refractivity contribution in [1.82, 2.24) is 4.98 Å². The van der Waals surface area contributed by atoms with Gasteiger partial charge >= 0.3 is 0 Å². The first-order valence-electron chi connectivity index (χ1n) is 4.75. The molecule has 0 saturated carbocycles. The fourth-order valence-electron chi connectivity index (χ4n) is 1.28. The van der Waals surface area contributed by atoms with Gasteiger partial charge in [0, 0.05) is 18.4 Å². The highest BCUT2D eigenvalue weighted by Crippen LogP contribution is 2.19. The van der Waals surface area contributed by atoms with Gasteiger partial charge in [-0.1, -0.05) is 0 Å². The molecule has 0 aliphatic carbocycles. The average Bonchev–Trinajstić information content (AvgIpc) is 2.72. The molecule has 2 aromatic heterocycles. The number of hydrogen-bond donors (Lipinski definition) is 0. The lowest BCUT2D eigenvalue weighted by Gasteiger charge is -2.00. The second kappa shape index (κ2) is 4.51. The van der Waals surface area contributed by atoms with Crippen LogP contribution in [0.2, 0.25) is 0 Å². The lowest BCUT2D eigenvalue weighted by atomic mass is 10.2. The lowest BCUT2D eigenvalue weighted by molar-refractivity contribution is 0.0783.